The molecule has 0 heterocycles. The van der Waals surface area contributed by atoms with Gasteiger partial charge in [0, 0.05) is 13.7 Å². The van der Waals surface area contributed by atoms with Crippen LogP contribution in [-0.4, -0.2) is 26.8 Å². The molecule has 0 aliphatic heterocycles. The van der Waals surface area contributed by atoms with Crippen LogP contribution in [-0.2, 0) is 4.74 Å². The maximum Gasteiger partial charge on any atom is 0.0728 e. The first-order chi connectivity index (χ1) is 7.81. The molecule has 0 spiro atoms. The van der Waals surface area contributed by atoms with Gasteiger partial charge < -0.3 is 10.1 Å². The maximum absolute atomic E-state index is 5.75. The molecule has 0 aromatic heterocycles. The van der Waals surface area contributed by atoms with Gasteiger partial charge in [-0.2, -0.15) is 0 Å². The highest BCUT2D eigenvalue weighted by Gasteiger charge is 2.50. The van der Waals surface area contributed by atoms with Crippen LogP contribution in [0.5, 0.6) is 0 Å². The average molecular weight is 223 g/mol. The Kier molecular flexibility index (Phi) is 2.97. The largest absolute Gasteiger partial charge is 0.380 e. The van der Waals surface area contributed by atoms with Gasteiger partial charge in [0.15, 0.2) is 0 Å². The zero-order valence-electron chi connectivity index (χ0n) is 10.6. The van der Waals surface area contributed by atoms with Crippen molar-refractivity contribution in [1.29, 1.82) is 0 Å². The van der Waals surface area contributed by atoms with Gasteiger partial charge in [-0.3, -0.25) is 0 Å². The third kappa shape index (κ3) is 1.70. The first-order valence-corrected chi connectivity index (χ1v) is 6.99. The Morgan fingerprint density at radius 1 is 1.06 bits per heavy atom. The number of methoxy groups -OCH3 is 1. The lowest BCUT2D eigenvalue weighted by molar-refractivity contribution is -0.0991. The van der Waals surface area contributed by atoms with Crippen LogP contribution in [0, 0.1) is 29.6 Å². The molecule has 2 nitrogen and oxygen atoms in total. The molecule has 0 amide bonds. The molecular formula is C14H25NO. The summed E-state index contributed by atoms with van der Waals surface area (Å²) in [6, 6.07) is 0. The minimum absolute atomic E-state index is 0.458. The van der Waals surface area contributed by atoms with Crippen molar-refractivity contribution in [2.75, 3.05) is 20.7 Å². The minimum Gasteiger partial charge on any atom is -0.380 e. The van der Waals surface area contributed by atoms with Crippen molar-refractivity contribution >= 4 is 0 Å². The topological polar surface area (TPSA) is 21.3 Å². The molecule has 1 atom stereocenters. The number of rotatable bonds is 4. The van der Waals surface area contributed by atoms with Gasteiger partial charge in [-0.05, 0) is 68.7 Å². The van der Waals surface area contributed by atoms with E-state index in [4.69, 9.17) is 4.74 Å². The molecule has 2 heteroatoms. The molecule has 4 aliphatic carbocycles. The highest BCUT2D eigenvalue weighted by atomic mass is 16.5. The second-order valence-electron chi connectivity index (χ2n) is 6.34. The Hall–Kier alpha value is -0.0800. The number of hydrogen-bond acceptors (Lipinski definition) is 2. The Morgan fingerprint density at radius 3 is 2.06 bits per heavy atom. The van der Waals surface area contributed by atoms with E-state index in [1.165, 1.54) is 25.7 Å². The summed E-state index contributed by atoms with van der Waals surface area (Å²) in [4.78, 5) is 0. The van der Waals surface area contributed by atoms with Crippen LogP contribution in [0.15, 0.2) is 0 Å². The average Bonchev–Trinajstić information content (AvgIpc) is 2.26. The molecule has 0 aromatic rings. The van der Waals surface area contributed by atoms with Crippen LogP contribution >= 0.6 is 0 Å². The number of nitrogens with one attached hydrogen (secondary N) is 1. The molecule has 4 fully saturated rings. The monoisotopic (exact) mass is 223 g/mol. The fourth-order valence-corrected chi connectivity index (χ4v) is 5.15. The Labute approximate surface area is 99.1 Å². The second-order valence-corrected chi connectivity index (χ2v) is 6.34. The summed E-state index contributed by atoms with van der Waals surface area (Å²) in [5.74, 6) is 4.96. The second kappa shape index (κ2) is 4.30. The third-order valence-electron chi connectivity index (χ3n) is 5.44. The van der Waals surface area contributed by atoms with Crippen molar-refractivity contribution in [3.05, 3.63) is 0 Å². The fraction of sp³-hybridized carbons (Fsp3) is 1.00. The molecule has 16 heavy (non-hydrogen) atoms. The number of ether oxygens (including phenoxy) is 1. The van der Waals surface area contributed by atoms with Crippen LogP contribution in [0.1, 0.15) is 32.1 Å². The van der Waals surface area contributed by atoms with E-state index in [9.17, 15) is 0 Å². The summed E-state index contributed by atoms with van der Waals surface area (Å²) in [5, 5.41) is 3.30. The quantitative estimate of drug-likeness (QED) is 0.789. The lowest BCUT2D eigenvalue weighted by Gasteiger charge is -2.56. The van der Waals surface area contributed by atoms with Gasteiger partial charge in [0.1, 0.15) is 0 Å². The van der Waals surface area contributed by atoms with Crippen molar-refractivity contribution in [1.82, 2.24) is 5.32 Å². The van der Waals surface area contributed by atoms with E-state index in [0.29, 0.717) is 6.10 Å². The van der Waals surface area contributed by atoms with Crippen molar-refractivity contribution in [3.8, 4) is 0 Å². The molecule has 1 unspecified atom stereocenters. The predicted molar refractivity (Wildman–Crippen MR) is 65.3 cm³/mol. The van der Waals surface area contributed by atoms with Gasteiger partial charge in [0.25, 0.3) is 0 Å². The van der Waals surface area contributed by atoms with Gasteiger partial charge in [-0.15, -0.1) is 0 Å². The van der Waals surface area contributed by atoms with Crippen LogP contribution in [0.4, 0.5) is 0 Å². The summed E-state index contributed by atoms with van der Waals surface area (Å²) in [7, 11) is 3.94. The van der Waals surface area contributed by atoms with Crippen LogP contribution in [0.2, 0.25) is 0 Å². The van der Waals surface area contributed by atoms with E-state index in [-0.39, 0.29) is 0 Å². The van der Waals surface area contributed by atoms with Crippen molar-refractivity contribution in [2.45, 2.75) is 38.2 Å². The van der Waals surface area contributed by atoms with Gasteiger partial charge in [0.05, 0.1) is 6.10 Å². The predicted octanol–water partition coefficient (Wildman–Crippen LogP) is 2.29. The zero-order chi connectivity index (χ0) is 11.1. The standard InChI is InChI=1S/C14H25NO/c1-15-8-13(16-2)14-11-4-9-3-10(6-11)7-12(14)5-9/h9-15H,3-8H2,1-2H3. The highest BCUT2D eigenvalue weighted by Crippen LogP contribution is 2.57. The Balaban J connectivity index is 1.75. The first kappa shape index (κ1) is 11.0. The van der Waals surface area contributed by atoms with Crippen molar-refractivity contribution in [3.63, 3.8) is 0 Å². The minimum atomic E-state index is 0.458. The number of hydrogen-bond donors (Lipinski definition) is 1. The van der Waals surface area contributed by atoms with E-state index < -0.39 is 0 Å². The Bertz CT molecular complexity index is 222. The molecule has 4 aliphatic rings. The van der Waals surface area contributed by atoms with E-state index >= 15 is 0 Å². The van der Waals surface area contributed by atoms with Crippen LogP contribution < -0.4 is 5.32 Å². The van der Waals surface area contributed by atoms with Gasteiger partial charge in [0.2, 0.25) is 0 Å². The van der Waals surface area contributed by atoms with E-state index in [1.807, 2.05) is 14.2 Å². The maximum atomic E-state index is 5.75. The summed E-state index contributed by atoms with van der Waals surface area (Å²) in [6.45, 7) is 1.03. The zero-order valence-corrected chi connectivity index (χ0v) is 10.6. The van der Waals surface area contributed by atoms with Crippen LogP contribution in [0.3, 0.4) is 0 Å². The molecule has 4 rings (SSSR count). The van der Waals surface area contributed by atoms with Gasteiger partial charge in [-0.1, -0.05) is 0 Å². The molecule has 0 saturated heterocycles. The lowest BCUT2D eigenvalue weighted by atomic mass is 9.51. The molecule has 0 aromatic carbocycles. The molecule has 4 saturated carbocycles. The van der Waals surface area contributed by atoms with Gasteiger partial charge >= 0.3 is 0 Å². The highest BCUT2D eigenvalue weighted by molar-refractivity contribution is 5.00. The third-order valence-corrected chi connectivity index (χ3v) is 5.44. The summed E-state index contributed by atoms with van der Waals surface area (Å²) >= 11 is 0. The first-order valence-electron chi connectivity index (χ1n) is 6.99. The molecule has 1 N–H and O–H groups in total. The normalized spacial score (nSPS) is 47.2. The van der Waals surface area contributed by atoms with Crippen molar-refractivity contribution < 1.29 is 4.74 Å². The van der Waals surface area contributed by atoms with E-state index in [0.717, 1.165) is 36.1 Å². The van der Waals surface area contributed by atoms with E-state index in [2.05, 4.69) is 5.32 Å². The van der Waals surface area contributed by atoms with E-state index in [1.54, 1.807) is 6.42 Å². The number of likely N-dealkylation sites (N-methyl/N-ethyl adjacent to an activating group) is 1. The lowest BCUT2D eigenvalue weighted by Crippen LogP contribution is -2.51. The molecular weight excluding hydrogens is 198 g/mol. The summed E-state index contributed by atoms with van der Waals surface area (Å²) < 4.78 is 5.75. The molecule has 0 radical (unpaired) electrons. The van der Waals surface area contributed by atoms with Gasteiger partial charge in [-0.25, -0.2) is 0 Å². The van der Waals surface area contributed by atoms with Crippen molar-refractivity contribution in [2.24, 2.45) is 29.6 Å². The Morgan fingerprint density at radius 2 is 1.62 bits per heavy atom. The van der Waals surface area contributed by atoms with Crippen LogP contribution in [0.25, 0.3) is 0 Å². The molecule has 92 valence electrons. The molecule has 4 bridgehead atoms. The smallest absolute Gasteiger partial charge is 0.0728 e. The fourth-order valence-electron chi connectivity index (χ4n) is 5.15. The SMILES string of the molecule is CNCC(OC)C1C2CC3CC(C2)CC1C3. The summed E-state index contributed by atoms with van der Waals surface area (Å²) in [6.07, 6.45) is 8.01. The summed E-state index contributed by atoms with van der Waals surface area (Å²) in [5.41, 5.74) is 0.